The van der Waals surface area contributed by atoms with Gasteiger partial charge in [0.1, 0.15) is 0 Å². The van der Waals surface area contributed by atoms with Crippen LogP contribution in [-0.4, -0.2) is 36.6 Å². The van der Waals surface area contributed by atoms with Crippen LogP contribution in [0, 0.1) is 23.2 Å². The molecule has 2 nitrogen and oxygen atoms in total. The molecule has 1 N–H and O–H groups in total. The second-order valence-corrected chi connectivity index (χ2v) is 8.38. The molecule has 1 heterocycles. The molecule has 1 atom stereocenters. The zero-order valence-electron chi connectivity index (χ0n) is 12.7. The molecule has 0 radical (unpaired) electrons. The molecule has 0 aromatic heterocycles. The molecule has 4 bridgehead atoms. The fraction of sp³-hybridized carbons (Fsp3) is 1.00. The Morgan fingerprint density at radius 3 is 2.11 bits per heavy atom. The summed E-state index contributed by atoms with van der Waals surface area (Å²) in [5.74, 6) is 3.26. The summed E-state index contributed by atoms with van der Waals surface area (Å²) in [6.07, 6.45) is 9.34. The van der Waals surface area contributed by atoms with E-state index < -0.39 is 0 Å². The Balaban J connectivity index is 1.54. The summed E-state index contributed by atoms with van der Waals surface area (Å²) in [5.41, 5.74) is 0.683. The van der Waals surface area contributed by atoms with Crippen LogP contribution >= 0.6 is 0 Å². The molecular formula is C17H30N2. The molecule has 0 spiro atoms. The van der Waals surface area contributed by atoms with Gasteiger partial charge in [0.25, 0.3) is 0 Å². The first-order valence-electron chi connectivity index (χ1n) is 8.62. The molecule has 1 unspecified atom stereocenters. The predicted molar refractivity (Wildman–Crippen MR) is 79.1 cm³/mol. The minimum Gasteiger partial charge on any atom is -0.311 e. The molecule has 5 aliphatic rings. The van der Waals surface area contributed by atoms with E-state index in [2.05, 4.69) is 24.1 Å². The number of piperazine rings is 1. The van der Waals surface area contributed by atoms with Gasteiger partial charge in [0.05, 0.1) is 0 Å². The second kappa shape index (κ2) is 4.46. The van der Waals surface area contributed by atoms with Crippen molar-refractivity contribution in [1.82, 2.24) is 10.2 Å². The Morgan fingerprint density at radius 1 is 1.00 bits per heavy atom. The predicted octanol–water partition coefficient (Wildman–Crippen LogP) is 2.89. The number of hydrogen-bond donors (Lipinski definition) is 1. The van der Waals surface area contributed by atoms with Gasteiger partial charge < -0.3 is 5.32 Å². The van der Waals surface area contributed by atoms with E-state index in [4.69, 9.17) is 0 Å². The van der Waals surface area contributed by atoms with Crippen molar-refractivity contribution in [3.63, 3.8) is 0 Å². The maximum Gasteiger partial charge on any atom is 0.0252 e. The average molecular weight is 262 g/mol. The summed E-state index contributed by atoms with van der Waals surface area (Å²) in [6, 6.07) is 1.51. The first-order chi connectivity index (χ1) is 9.14. The maximum absolute atomic E-state index is 3.92. The van der Waals surface area contributed by atoms with Gasteiger partial charge in [-0.25, -0.2) is 0 Å². The fourth-order valence-electron chi connectivity index (χ4n) is 6.26. The molecule has 1 aliphatic heterocycles. The third-order valence-corrected chi connectivity index (χ3v) is 6.76. The van der Waals surface area contributed by atoms with Gasteiger partial charge in [0, 0.05) is 31.7 Å². The highest BCUT2D eigenvalue weighted by atomic mass is 15.2. The standard InChI is InChI=1S/C17H30N2/c1-12(2)19-4-3-18-16(11-19)17-8-13-5-14(9-17)7-15(6-13)10-17/h12-16,18H,3-11H2,1-2H3. The van der Waals surface area contributed by atoms with E-state index in [-0.39, 0.29) is 0 Å². The number of nitrogens with one attached hydrogen (secondary N) is 1. The van der Waals surface area contributed by atoms with Crippen LogP contribution in [0.4, 0.5) is 0 Å². The molecule has 19 heavy (non-hydrogen) atoms. The Labute approximate surface area is 118 Å². The molecule has 5 rings (SSSR count). The Bertz CT molecular complexity index is 314. The molecule has 5 fully saturated rings. The van der Waals surface area contributed by atoms with E-state index in [9.17, 15) is 0 Å². The highest BCUT2D eigenvalue weighted by Gasteiger charge is 2.54. The third-order valence-electron chi connectivity index (χ3n) is 6.76. The number of rotatable bonds is 2. The number of nitrogens with zero attached hydrogens (tertiary/aromatic N) is 1. The van der Waals surface area contributed by atoms with E-state index in [0.29, 0.717) is 5.41 Å². The monoisotopic (exact) mass is 262 g/mol. The van der Waals surface area contributed by atoms with Crippen LogP contribution in [0.2, 0.25) is 0 Å². The van der Waals surface area contributed by atoms with Gasteiger partial charge in [0.2, 0.25) is 0 Å². The van der Waals surface area contributed by atoms with Crippen molar-refractivity contribution in [2.24, 2.45) is 23.2 Å². The van der Waals surface area contributed by atoms with Crippen LogP contribution in [0.1, 0.15) is 52.4 Å². The average Bonchev–Trinajstić information content (AvgIpc) is 2.37. The van der Waals surface area contributed by atoms with Crippen molar-refractivity contribution in [2.75, 3.05) is 19.6 Å². The zero-order valence-corrected chi connectivity index (χ0v) is 12.7. The Kier molecular flexibility index (Phi) is 2.97. The van der Waals surface area contributed by atoms with Gasteiger partial charge in [-0.2, -0.15) is 0 Å². The normalized spacial score (nSPS) is 50.1. The lowest BCUT2D eigenvalue weighted by atomic mass is 9.47. The third kappa shape index (κ3) is 2.06. The summed E-state index contributed by atoms with van der Waals surface area (Å²) >= 11 is 0. The minimum atomic E-state index is 0.683. The van der Waals surface area contributed by atoms with Crippen LogP contribution < -0.4 is 5.32 Å². The van der Waals surface area contributed by atoms with Gasteiger partial charge in [-0.1, -0.05) is 0 Å². The largest absolute Gasteiger partial charge is 0.311 e. The topological polar surface area (TPSA) is 15.3 Å². The van der Waals surface area contributed by atoms with Crippen LogP contribution in [0.15, 0.2) is 0 Å². The SMILES string of the molecule is CC(C)N1CCNC(C23CC4CC(CC(C4)C2)C3)C1. The summed E-state index contributed by atoms with van der Waals surface area (Å²) < 4.78 is 0. The van der Waals surface area contributed by atoms with Crippen molar-refractivity contribution in [3.05, 3.63) is 0 Å². The lowest BCUT2D eigenvalue weighted by molar-refractivity contribution is -0.0856. The van der Waals surface area contributed by atoms with Crippen LogP contribution in [0.25, 0.3) is 0 Å². The molecular weight excluding hydrogens is 232 g/mol. The molecule has 0 aromatic rings. The van der Waals surface area contributed by atoms with E-state index >= 15 is 0 Å². The van der Waals surface area contributed by atoms with Crippen molar-refractivity contribution < 1.29 is 0 Å². The highest BCUT2D eigenvalue weighted by Crippen LogP contribution is 2.61. The van der Waals surface area contributed by atoms with Crippen LogP contribution in [0.3, 0.4) is 0 Å². The molecule has 108 valence electrons. The van der Waals surface area contributed by atoms with E-state index in [1.165, 1.54) is 19.6 Å². The van der Waals surface area contributed by atoms with Gasteiger partial charge >= 0.3 is 0 Å². The summed E-state index contributed by atoms with van der Waals surface area (Å²) in [7, 11) is 0. The maximum atomic E-state index is 3.92. The molecule has 4 saturated carbocycles. The Morgan fingerprint density at radius 2 is 1.58 bits per heavy atom. The van der Waals surface area contributed by atoms with Crippen molar-refractivity contribution >= 4 is 0 Å². The van der Waals surface area contributed by atoms with Gasteiger partial charge in [0.15, 0.2) is 0 Å². The molecule has 0 amide bonds. The summed E-state index contributed by atoms with van der Waals surface area (Å²) in [5, 5.41) is 3.92. The highest BCUT2D eigenvalue weighted by molar-refractivity contribution is 5.07. The van der Waals surface area contributed by atoms with Gasteiger partial charge in [-0.05, 0) is 75.5 Å². The quantitative estimate of drug-likeness (QED) is 0.823. The first kappa shape index (κ1) is 12.6. The lowest BCUT2D eigenvalue weighted by Crippen LogP contribution is -2.63. The summed E-state index contributed by atoms with van der Waals surface area (Å²) in [6.45, 7) is 8.50. The van der Waals surface area contributed by atoms with E-state index in [0.717, 1.165) is 29.8 Å². The van der Waals surface area contributed by atoms with Crippen molar-refractivity contribution in [2.45, 2.75) is 64.5 Å². The summed E-state index contributed by atoms with van der Waals surface area (Å²) in [4.78, 5) is 2.71. The zero-order chi connectivity index (χ0) is 13.0. The number of hydrogen-bond acceptors (Lipinski definition) is 2. The molecule has 2 heteroatoms. The van der Waals surface area contributed by atoms with Crippen molar-refractivity contribution in [1.29, 1.82) is 0 Å². The van der Waals surface area contributed by atoms with Crippen LogP contribution in [-0.2, 0) is 0 Å². The smallest absolute Gasteiger partial charge is 0.0252 e. The van der Waals surface area contributed by atoms with E-state index in [1.54, 1.807) is 38.5 Å². The minimum absolute atomic E-state index is 0.683. The van der Waals surface area contributed by atoms with Crippen molar-refractivity contribution in [3.8, 4) is 0 Å². The Hall–Kier alpha value is -0.0800. The van der Waals surface area contributed by atoms with Crippen LogP contribution in [0.5, 0.6) is 0 Å². The lowest BCUT2D eigenvalue weighted by Gasteiger charge is -2.61. The molecule has 0 aromatic carbocycles. The molecule has 4 aliphatic carbocycles. The fourth-order valence-corrected chi connectivity index (χ4v) is 6.26. The second-order valence-electron chi connectivity index (χ2n) is 8.38. The first-order valence-corrected chi connectivity index (χ1v) is 8.62. The van der Waals surface area contributed by atoms with Gasteiger partial charge in [-0.3, -0.25) is 4.90 Å². The van der Waals surface area contributed by atoms with E-state index in [1.807, 2.05) is 0 Å². The molecule has 1 saturated heterocycles. The van der Waals surface area contributed by atoms with Gasteiger partial charge in [-0.15, -0.1) is 0 Å².